The van der Waals surface area contributed by atoms with E-state index in [0.717, 1.165) is 11.8 Å². The normalized spacial score (nSPS) is 20.7. The molecule has 0 spiro atoms. The molecule has 1 heteroatoms. The lowest BCUT2D eigenvalue weighted by Gasteiger charge is -2.47. The molecule has 108 valence electrons. The maximum atomic E-state index is 2.74. The molecular formula is C17H35N. The van der Waals surface area contributed by atoms with Crippen molar-refractivity contribution in [2.45, 2.75) is 79.7 Å². The van der Waals surface area contributed by atoms with Crippen molar-refractivity contribution >= 4 is 0 Å². The third kappa shape index (κ3) is 4.26. The van der Waals surface area contributed by atoms with Crippen LogP contribution in [0.5, 0.6) is 0 Å². The molecule has 0 aromatic heterocycles. The van der Waals surface area contributed by atoms with E-state index in [1.807, 2.05) is 0 Å². The highest BCUT2D eigenvalue weighted by molar-refractivity contribution is 4.90. The van der Waals surface area contributed by atoms with E-state index in [4.69, 9.17) is 0 Å². The smallest absolute Gasteiger partial charge is 0.0158 e. The molecule has 0 saturated carbocycles. The van der Waals surface area contributed by atoms with Crippen LogP contribution in [-0.2, 0) is 0 Å². The molecule has 0 N–H and O–H groups in total. The summed E-state index contributed by atoms with van der Waals surface area (Å²) in [6.07, 6.45) is 5.38. The predicted octanol–water partition coefficient (Wildman–Crippen LogP) is 4.96. The average Bonchev–Trinajstić information content (AvgIpc) is 2.28. The number of likely N-dealkylation sites (tertiary alicyclic amines) is 1. The first-order valence-corrected chi connectivity index (χ1v) is 7.93. The molecule has 0 radical (unpaired) electrons. The molecular weight excluding hydrogens is 218 g/mol. The summed E-state index contributed by atoms with van der Waals surface area (Å²) < 4.78 is 0. The summed E-state index contributed by atoms with van der Waals surface area (Å²) in [4.78, 5) is 2.74. The van der Waals surface area contributed by atoms with Gasteiger partial charge in [0.05, 0.1) is 0 Å². The van der Waals surface area contributed by atoms with Gasteiger partial charge in [-0.3, -0.25) is 4.90 Å². The van der Waals surface area contributed by atoms with E-state index < -0.39 is 0 Å². The molecule has 0 amide bonds. The Labute approximate surface area is 115 Å². The minimum Gasteiger partial charge on any atom is -0.298 e. The number of hydrogen-bond donors (Lipinski definition) is 0. The van der Waals surface area contributed by atoms with Crippen LogP contribution < -0.4 is 0 Å². The van der Waals surface area contributed by atoms with Crippen molar-refractivity contribution in [2.75, 3.05) is 13.1 Å². The summed E-state index contributed by atoms with van der Waals surface area (Å²) >= 11 is 0. The van der Waals surface area contributed by atoms with Gasteiger partial charge in [0.1, 0.15) is 0 Å². The van der Waals surface area contributed by atoms with Gasteiger partial charge in [0, 0.05) is 5.54 Å². The van der Waals surface area contributed by atoms with Crippen LogP contribution in [0.15, 0.2) is 0 Å². The second kappa shape index (κ2) is 5.94. The van der Waals surface area contributed by atoms with Crippen LogP contribution in [0, 0.1) is 17.3 Å². The van der Waals surface area contributed by atoms with Gasteiger partial charge in [-0.15, -0.1) is 0 Å². The van der Waals surface area contributed by atoms with Gasteiger partial charge in [0.2, 0.25) is 0 Å². The second-order valence-electron chi connectivity index (χ2n) is 8.08. The van der Waals surface area contributed by atoms with E-state index in [2.05, 4.69) is 53.4 Å². The van der Waals surface area contributed by atoms with Gasteiger partial charge in [-0.05, 0) is 63.5 Å². The average molecular weight is 253 g/mol. The molecule has 1 heterocycles. The summed E-state index contributed by atoms with van der Waals surface area (Å²) in [5, 5.41) is 0. The largest absolute Gasteiger partial charge is 0.298 e. The summed E-state index contributed by atoms with van der Waals surface area (Å²) in [6, 6.07) is 0. The minimum atomic E-state index is 0.363. The van der Waals surface area contributed by atoms with Crippen molar-refractivity contribution in [2.24, 2.45) is 17.3 Å². The van der Waals surface area contributed by atoms with Crippen molar-refractivity contribution < 1.29 is 0 Å². The van der Waals surface area contributed by atoms with Gasteiger partial charge in [0.15, 0.2) is 0 Å². The molecule has 1 fully saturated rings. The molecule has 0 bridgehead atoms. The van der Waals surface area contributed by atoms with E-state index in [1.54, 1.807) is 0 Å². The highest BCUT2D eigenvalue weighted by Gasteiger charge is 2.35. The highest BCUT2D eigenvalue weighted by atomic mass is 15.2. The van der Waals surface area contributed by atoms with E-state index in [9.17, 15) is 0 Å². The molecule has 18 heavy (non-hydrogen) atoms. The van der Waals surface area contributed by atoms with Gasteiger partial charge in [0.25, 0.3) is 0 Å². The number of nitrogens with zero attached hydrogens (tertiary/aromatic N) is 1. The van der Waals surface area contributed by atoms with Crippen molar-refractivity contribution in [3.8, 4) is 0 Å². The van der Waals surface area contributed by atoms with Crippen LogP contribution in [0.1, 0.15) is 74.1 Å². The van der Waals surface area contributed by atoms with E-state index in [1.165, 1.54) is 38.8 Å². The number of rotatable bonds is 5. The van der Waals surface area contributed by atoms with Crippen LogP contribution in [0.2, 0.25) is 0 Å². The molecule has 1 saturated heterocycles. The SMILES string of the molecule is CCC(C)(C)CC(C)(C)N1CCC(C(C)C)CC1. The lowest BCUT2D eigenvalue weighted by molar-refractivity contribution is 0.0324. The van der Waals surface area contributed by atoms with Gasteiger partial charge >= 0.3 is 0 Å². The molecule has 0 aromatic carbocycles. The van der Waals surface area contributed by atoms with E-state index in [0.29, 0.717) is 11.0 Å². The van der Waals surface area contributed by atoms with Crippen LogP contribution in [0.3, 0.4) is 0 Å². The minimum absolute atomic E-state index is 0.363. The Hall–Kier alpha value is -0.0400. The summed E-state index contributed by atoms with van der Waals surface area (Å²) in [7, 11) is 0. The number of hydrogen-bond acceptors (Lipinski definition) is 1. The lowest BCUT2D eigenvalue weighted by Crippen LogP contribution is -2.50. The molecule has 0 aliphatic carbocycles. The molecule has 1 aliphatic heterocycles. The maximum absolute atomic E-state index is 2.74. The zero-order chi connectivity index (χ0) is 14.0. The third-order valence-electron chi connectivity index (χ3n) is 5.21. The van der Waals surface area contributed by atoms with E-state index >= 15 is 0 Å². The van der Waals surface area contributed by atoms with Crippen LogP contribution in [0.25, 0.3) is 0 Å². The lowest BCUT2D eigenvalue weighted by atomic mass is 9.76. The summed E-state index contributed by atoms with van der Waals surface area (Å²) in [6.45, 7) is 19.4. The first-order chi connectivity index (χ1) is 8.18. The fourth-order valence-electron chi connectivity index (χ4n) is 3.58. The van der Waals surface area contributed by atoms with Crippen molar-refractivity contribution in [3.05, 3.63) is 0 Å². The molecule has 1 aliphatic rings. The Morgan fingerprint density at radius 3 is 1.94 bits per heavy atom. The fourth-order valence-corrected chi connectivity index (χ4v) is 3.58. The monoisotopic (exact) mass is 253 g/mol. The highest BCUT2D eigenvalue weighted by Crippen LogP contribution is 2.36. The van der Waals surface area contributed by atoms with E-state index in [-0.39, 0.29) is 0 Å². The Kier molecular flexibility index (Phi) is 5.29. The predicted molar refractivity (Wildman–Crippen MR) is 81.9 cm³/mol. The summed E-state index contributed by atoms with van der Waals surface area (Å²) in [5.74, 6) is 1.82. The fraction of sp³-hybridized carbons (Fsp3) is 1.00. The maximum Gasteiger partial charge on any atom is 0.0158 e. The van der Waals surface area contributed by atoms with Gasteiger partial charge in [-0.2, -0.15) is 0 Å². The third-order valence-corrected chi connectivity index (χ3v) is 5.21. The standard InChI is InChI=1S/C17H35N/c1-8-16(4,5)13-17(6,7)18-11-9-15(10-12-18)14(2)3/h14-15H,8-13H2,1-7H3. The molecule has 1 nitrogen and oxygen atoms in total. The zero-order valence-corrected chi connectivity index (χ0v) is 13.8. The van der Waals surface area contributed by atoms with Crippen LogP contribution >= 0.6 is 0 Å². The van der Waals surface area contributed by atoms with Gasteiger partial charge in [-0.1, -0.05) is 41.0 Å². The van der Waals surface area contributed by atoms with Crippen molar-refractivity contribution in [1.29, 1.82) is 0 Å². The molecule has 0 unspecified atom stereocenters. The number of piperidine rings is 1. The Morgan fingerprint density at radius 1 is 1.06 bits per heavy atom. The topological polar surface area (TPSA) is 3.24 Å². The molecule has 0 atom stereocenters. The second-order valence-corrected chi connectivity index (χ2v) is 8.08. The van der Waals surface area contributed by atoms with Gasteiger partial charge < -0.3 is 0 Å². The van der Waals surface area contributed by atoms with Gasteiger partial charge in [-0.25, -0.2) is 0 Å². The first-order valence-electron chi connectivity index (χ1n) is 7.93. The Bertz CT molecular complexity index is 244. The first kappa shape index (κ1) is 16.0. The molecule has 0 aromatic rings. The molecule has 1 rings (SSSR count). The summed E-state index contributed by atoms with van der Waals surface area (Å²) in [5.41, 5.74) is 0.833. The van der Waals surface area contributed by atoms with Crippen molar-refractivity contribution in [3.63, 3.8) is 0 Å². The van der Waals surface area contributed by atoms with Crippen LogP contribution in [0.4, 0.5) is 0 Å². The Balaban J connectivity index is 2.55. The Morgan fingerprint density at radius 2 is 1.56 bits per heavy atom. The van der Waals surface area contributed by atoms with Crippen LogP contribution in [-0.4, -0.2) is 23.5 Å². The van der Waals surface area contributed by atoms with Crippen molar-refractivity contribution in [1.82, 2.24) is 4.90 Å². The zero-order valence-electron chi connectivity index (χ0n) is 13.8. The quantitative estimate of drug-likeness (QED) is 0.669.